The molecule has 3 aromatic rings. The second-order valence-electron chi connectivity index (χ2n) is 4.86. The van der Waals surface area contributed by atoms with E-state index in [1.54, 1.807) is 0 Å². The number of benzene rings is 1. The van der Waals surface area contributed by atoms with Crippen molar-refractivity contribution < 1.29 is 4.79 Å². The van der Waals surface area contributed by atoms with Crippen LogP contribution in [-0.4, -0.2) is 11.0 Å². The van der Waals surface area contributed by atoms with E-state index in [1.165, 1.54) is 11.3 Å². The molecule has 0 bridgehead atoms. The molecule has 0 unspecified atom stereocenters. The summed E-state index contributed by atoms with van der Waals surface area (Å²) < 4.78 is 0. The van der Waals surface area contributed by atoms with E-state index >= 15 is 0 Å². The summed E-state index contributed by atoms with van der Waals surface area (Å²) in [5, 5.41) is 8.64. The number of rotatable bonds is 2. The van der Waals surface area contributed by atoms with Gasteiger partial charge in [0.25, 0.3) is 0 Å². The molecular weight excluding hydrogens is 282 g/mol. The summed E-state index contributed by atoms with van der Waals surface area (Å²) in [4.78, 5) is 17.5. The Morgan fingerprint density at radius 2 is 1.90 bits per heavy atom. The molecule has 3 rings (SSSR count). The first kappa shape index (κ1) is 13.6. The molecule has 1 aromatic carbocycles. The van der Waals surface area contributed by atoms with Crippen molar-refractivity contribution in [2.75, 3.05) is 10.6 Å². The highest BCUT2D eigenvalue weighted by Gasteiger charge is 2.11. The second kappa shape index (κ2) is 5.54. The van der Waals surface area contributed by atoms with E-state index in [0.717, 1.165) is 32.8 Å². The lowest BCUT2D eigenvalue weighted by atomic mass is 10.1. The van der Waals surface area contributed by atoms with E-state index in [1.807, 2.05) is 55.6 Å². The van der Waals surface area contributed by atoms with Gasteiger partial charge in [0, 0.05) is 22.1 Å². The molecule has 4 nitrogen and oxygen atoms in total. The van der Waals surface area contributed by atoms with Gasteiger partial charge in [-0.2, -0.15) is 0 Å². The molecule has 2 amide bonds. The number of hydrogen-bond donors (Lipinski definition) is 2. The van der Waals surface area contributed by atoms with Gasteiger partial charge in [-0.05, 0) is 37.6 Å². The van der Waals surface area contributed by atoms with Crippen molar-refractivity contribution in [2.24, 2.45) is 0 Å². The zero-order valence-corrected chi connectivity index (χ0v) is 12.6. The number of nitrogens with one attached hydrogen (secondary N) is 2. The van der Waals surface area contributed by atoms with Crippen molar-refractivity contribution in [1.82, 2.24) is 4.98 Å². The van der Waals surface area contributed by atoms with Gasteiger partial charge in [-0.3, -0.25) is 0 Å². The number of anilines is 2. The van der Waals surface area contributed by atoms with Crippen LogP contribution in [-0.2, 0) is 0 Å². The Balaban J connectivity index is 1.84. The minimum Gasteiger partial charge on any atom is -0.308 e. The van der Waals surface area contributed by atoms with Crippen LogP contribution in [0.1, 0.15) is 11.3 Å². The van der Waals surface area contributed by atoms with Gasteiger partial charge in [-0.1, -0.05) is 18.2 Å². The van der Waals surface area contributed by atoms with Crippen LogP contribution in [0.15, 0.2) is 41.8 Å². The van der Waals surface area contributed by atoms with Crippen LogP contribution in [0, 0.1) is 13.8 Å². The average Bonchev–Trinajstić information content (AvgIpc) is 2.82. The van der Waals surface area contributed by atoms with E-state index in [4.69, 9.17) is 0 Å². The van der Waals surface area contributed by atoms with E-state index in [0.29, 0.717) is 0 Å². The summed E-state index contributed by atoms with van der Waals surface area (Å²) >= 11 is 1.54. The van der Waals surface area contributed by atoms with Crippen molar-refractivity contribution in [3.63, 3.8) is 0 Å². The number of urea groups is 1. The summed E-state index contributed by atoms with van der Waals surface area (Å²) in [5.41, 5.74) is 3.67. The summed E-state index contributed by atoms with van der Waals surface area (Å²) in [5.74, 6) is 0. The molecule has 0 aliphatic heterocycles. The molecule has 5 heteroatoms. The van der Waals surface area contributed by atoms with Crippen LogP contribution < -0.4 is 10.6 Å². The monoisotopic (exact) mass is 297 g/mol. The number of aromatic nitrogens is 1. The zero-order chi connectivity index (χ0) is 14.8. The molecule has 0 aliphatic carbocycles. The molecule has 0 atom stereocenters. The van der Waals surface area contributed by atoms with Crippen molar-refractivity contribution in [2.45, 2.75) is 13.8 Å². The topological polar surface area (TPSA) is 54.0 Å². The maximum Gasteiger partial charge on any atom is 0.323 e. The fourth-order valence-corrected chi connectivity index (χ4v) is 3.28. The van der Waals surface area contributed by atoms with Gasteiger partial charge in [0.1, 0.15) is 4.83 Å². The lowest BCUT2D eigenvalue weighted by molar-refractivity contribution is 0.262. The summed E-state index contributed by atoms with van der Waals surface area (Å²) in [6.45, 7) is 4.01. The SMILES string of the molecule is Cc1cc(C)c2c(NC(=O)Nc3ccccc3)csc2n1. The fourth-order valence-electron chi connectivity index (χ4n) is 2.29. The molecule has 0 radical (unpaired) electrons. The predicted octanol–water partition coefficient (Wildman–Crippen LogP) is 4.56. The van der Waals surface area contributed by atoms with Gasteiger partial charge < -0.3 is 10.6 Å². The van der Waals surface area contributed by atoms with E-state index in [2.05, 4.69) is 15.6 Å². The molecular formula is C16H15N3OS. The molecule has 0 saturated heterocycles. The number of pyridine rings is 1. The molecule has 2 heterocycles. The fraction of sp³-hybridized carbons (Fsp3) is 0.125. The summed E-state index contributed by atoms with van der Waals surface area (Å²) in [6.07, 6.45) is 0. The highest BCUT2D eigenvalue weighted by molar-refractivity contribution is 7.17. The summed E-state index contributed by atoms with van der Waals surface area (Å²) in [7, 11) is 0. The number of aryl methyl sites for hydroxylation is 2. The highest BCUT2D eigenvalue weighted by Crippen LogP contribution is 2.32. The van der Waals surface area contributed by atoms with Gasteiger partial charge in [0.15, 0.2) is 0 Å². The van der Waals surface area contributed by atoms with Crippen molar-refractivity contribution in [3.05, 3.63) is 53.0 Å². The second-order valence-corrected chi connectivity index (χ2v) is 5.71. The Labute approximate surface area is 126 Å². The Morgan fingerprint density at radius 3 is 2.67 bits per heavy atom. The molecule has 0 aliphatic rings. The first-order chi connectivity index (χ1) is 10.1. The lowest BCUT2D eigenvalue weighted by Crippen LogP contribution is -2.19. The smallest absolute Gasteiger partial charge is 0.308 e. The standard InChI is InChI=1S/C16H15N3OS/c1-10-8-11(2)17-15-14(10)13(9-21-15)19-16(20)18-12-6-4-3-5-7-12/h3-9H,1-2H3,(H2,18,19,20). The van der Waals surface area contributed by atoms with Gasteiger partial charge in [-0.15, -0.1) is 11.3 Å². The van der Waals surface area contributed by atoms with E-state index < -0.39 is 0 Å². The highest BCUT2D eigenvalue weighted by atomic mass is 32.1. The molecule has 2 aromatic heterocycles. The van der Waals surface area contributed by atoms with Crippen LogP contribution in [0.5, 0.6) is 0 Å². The number of thiophene rings is 1. The number of nitrogens with zero attached hydrogens (tertiary/aromatic N) is 1. The van der Waals surface area contributed by atoms with E-state index in [-0.39, 0.29) is 6.03 Å². The van der Waals surface area contributed by atoms with Crippen molar-refractivity contribution in [1.29, 1.82) is 0 Å². The van der Waals surface area contributed by atoms with Crippen molar-refractivity contribution in [3.8, 4) is 0 Å². The quantitative estimate of drug-likeness (QED) is 0.728. The first-order valence-electron chi connectivity index (χ1n) is 6.62. The number of hydrogen-bond acceptors (Lipinski definition) is 3. The third-order valence-corrected chi connectivity index (χ3v) is 4.02. The average molecular weight is 297 g/mol. The number of fused-ring (bicyclic) bond motifs is 1. The third-order valence-electron chi connectivity index (χ3n) is 3.15. The first-order valence-corrected chi connectivity index (χ1v) is 7.50. The van der Waals surface area contributed by atoms with Crippen LogP contribution in [0.4, 0.5) is 16.2 Å². The minimum atomic E-state index is -0.249. The third kappa shape index (κ3) is 2.87. The largest absolute Gasteiger partial charge is 0.323 e. The minimum absolute atomic E-state index is 0.249. The Morgan fingerprint density at radius 1 is 1.14 bits per heavy atom. The maximum absolute atomic E-state index is 12.1. The zero-order valence-electron chi connectivity index (χ0n) is 11.8. The Bertz CT molecular complexity index is 796. The van der Waals surface area contributed by atoms with E-state index in [9.17, 15) is 4.79 Å². The normalized spacial score (nSPS) is 10.6. The van der Waals surface area contributed by atoms with Gasteiger partial charge in [-0.25, -0.2) is 9.78 Å². The number of carbonyl (C=O) groups is 1. The number of carbonyl (C=O) groups excluding carboxylic acids is 1. The van der Waals surface area contributed by atoms with Crippen LogP contribution in [0.25, 0.3) is 10.2 Å². The Hall–Kier alpha value is -2.40. The molecule has 0 fully saturated rings. The van der Waals surface area contributed by atoms with Gasteiger partial charge >= 0.3 is 6.03 Å². The molecule has 0 spiro atoms. The maximum atomic E-state index is 12.1. The molecule has 2 N–H and O–H groups in total. The number of amides is 2. The van der Waals surface area contributed by atoms with Gasteiger partial charge in [0.2, 0.25) is 0 Å². The Kier molecular flexibility index (Phi) is 3.58. The lowest BCUT2D eigenvalue weighted by Gasteiger charge is -2.07. The van der Waals surface area contributed by atoms with Crippen molar-refractivity contribution >= 4 is 39.0 Å². The molecule has 21 heavy (non-hydrogen) atoms. The molecule has 106 valence electrons. The van der Waals surface area contributed by atoms with Gasteiger partial charge in [0.05, 0.1) is 5.69 Å². The van der Waals surface area contributed by atoms with Crippen LogP contribution in [0.2, 0.25) is 0 Å². The van der Waals surface area contributed by atoms with Crippen LogP contribution >= 0.6 is 11.3 Å². The van der Waals surface area contributed by atoms with Crippen LogP contribution in [0.3, 0.4) is 0 Å². The number of para-hydroxylation sites is 1. The predicted molar refractivity (Wildman–Crippen MR) is 88.2 cm³/mol. The summed E-state index contributed by atoms with van der Waals surface area (Å²) in [6, 6.07) is 11.1. The molecule has 0 saturated carbocycles.